The summed E-state index contributed by atoms with van der Waals surface area (Å²) in [6.45, 7) is 6.77. The number of aryl methyl sites for hydroxylation is 2. The molecule has 1 N–H and O–H groups in total. The number of aromatic nitrogens is 3. The van der Waals surface area contributed by atoms with Crippen LogP contribution >= 0.6 is 0 Å². The number of fused-ring (bicyclic) bond motifs is 1. The predicted octanol–water partition coefficient (Wildman–Crippen LogP) is 3.70. The average Bonchev–Trinajstić information content (AvgIpc) is 3.14. The molecule has 2 aromatic carbocycles. The Kier molecular flexibility index (Phi) is 6.53. The van der Waals surface area contributed by atoms with Crippen molar-refractivity contribution in [3.8, 4) is 5.75 Å². The molecule has 2 aromatic heterocycles. The summed E-state index contributed by atoms with van der Waals surface area (Å²) in [4.78, 5) is 34.2. The minimum absolute atomic E-state index is 0.0438. The minimum Gasteiger partial charge on any atom is -0.489 e. The fourth-order valence-corrected chi connectivity index (χ4v) is 3.62. The molecule has 0 aliphatic heterocycles. The Balaban J connectivity index is 1.39. The van der Waals surface area contributed by atoms with E-state index in [1.807, 2.05) is 51.1 Å². The van der Waals surface area contributed by atoms with E-state index in [1.165, 1.54) is 0 Å². The molecule has 8 nitrogen and oxygen atoms in total. The fourth-order valence-electron chi connectivity index (χ4n) is 3.62. The van der Waals surface area contributed by atoms with Gasteiger partial charge in [-0.05, 0) is 50.6 Å². The largest absolute Gasteiger partial charge is 0.489 e. The molecule has 0 fully saturated rings. The second-order valence-corrected chi connectivity index (χ2v) is 7.85. The minimum atomic E-state index is -0.203. The molecule has 1 amide bonds. The number of H-pyrrole nitrogens is 1. The van der Waals surface area contributed by atoms with Gasteiger partial charge in [0.05, 0.1) is 35.1 Å². The summed E-state index contributed by atoms with van der Waals surface area (Å²) in [5, 5.41) is 4.46. The molecule has 0 atom stereocenters. The van der Waals surface area contributed by atoms with Crippen LogP contribution in [0.25, 0.3) is 10.9 Å². The number of ether oxygens (including phenoxy) is 1. The van der Waals surface area contributed by atoms with Crippen LogP contribution < -0.4 is 10.3 Å². The van der Waals surface area contributed by atoms with Gasteiger partial charge in [-0.15, -0.1) is 0 Å². The lowest BCUT2D eigenvalue weighted by molar-refractivity contribution is -0.131. The first-order chi connectivity index (χ1) is 15.9. The smallest absolute Gasteiger partial charge is 0.258 e. The van der Waals surface area contributed by atoms with Crippen molar-refractivity contribution in [1.82, 2.24) is 20.0 Å². The van der Waals surface area contributed by atoms with Gasteiger partial charge in [-0.2, -0.15) is 0 Å². The van der Waals surface area contributed by atoms with Crippen LogP contribution in [-0.2, 0) is 24.4 Å². The molecule has 4 aromatic rings. The van der Waals surface area contributed by atoms with Gasteiger partial charge in [-0.1, -0.05) is 29.4 Å². The summed E-state index contributed by atoms with van der Waals surface area (Å²) in [7, 11) is 0. The third-order valence-corrected chi connectivity index (χ3v) is 5.58. The van der Waals surface area contributed by atoms with Gasteiger partial charge in [-0.3, -0.25) is 9.59 Å². The van der Waals surface area contributed by atoms with Crippen LogP contribution in [0.2, 0.25) is 0 Å². The quantitative estimate of drug-likeness (QED) is 0.443. The van der Waals surface area contributed by atoms with Crippen molar-refractivity contribution in [3.05, 3.63) is 87.3 Å². The summed E-state index contributed by atoms with van der Waals surface area (Å²) in [6.07, 6.45) is 0.246. The van der Waals surface area contributed by atoms with Crippen LogP contribution in [0.5, 0.6) is 5.75 Å². The van der Waals surface area contributed by atoms with Gasteiger partial charge in [0, 0.05) is 6.54 Å². The molecule has 8 heteroatoms. The average molecular weight is 447 g/mol. The number of para-hydroxylation sites is 1. The maximum absolute atomic E-state index is 12.9. The van der Waals surface area contributed by atoms with Crippen LogP contribution in [0, 0.1) is 13.8 Å². The maximum atomic E-state index is 12.9. The van der Waals surface area contributed by atoms with Gasteiger partial charge in [-0.25, -0.2) is 4.98 Å². The summed E-state index contributed by atoms with van der Waals surface area (Å²) in [6, 6.07) is 14.6. The second kappa shape index (κ2) is 9.68. The van der Waals surface area contributed by atoms with Crippen LogP contribution in [0.1, 0.15) is 35.3 Å². The third-order valence-electron chi connectivity index (χ3n) is 5.58. The molecule has 0 saturated heterocycles. The first-order valence-corrected chi connectivity index (χ1v) is 10.8. The maximum Gasteiger partial charge on any atom is 0.258 e. The standard InChI is InChI=1S/C25H26N4O4/c1-4-29(14-23-26-22-8-6-5-7-20(22)25(31)27-23)24(30)13-18-9-11-19(12-10-18)32-15-21-16(2)28-33-17(21)3/h5-12H,4,13-15H2,1-3H3,(H,26,27,31). The van der Waals surface area contributed by atoms with Crippen molar-refractivity contribution in [2.24, 2.45) is 0 Å². The van der Waals surface area contributed by atoms with Crippen molar-refractivity contribution >= 4 is 16.8 Å². The van der Waals surface area contributed by atoms with Crippen LogP contribution in [0.4, 0.5) is 0 Å². The normalized spacial score (nSPS) is 11.0. The van der Waals surface area contributed by atoms with Crippen LogP contribution in [-0.4, -0.2) is 32.5 Å². The molecule has 0 radical (unpaired) electrons. The Hall–Kier alpha value is -3.94. The SMILES string of the molecule is CCN(Cc1nc2ccccc2c(=O)[nH]1)C(=O)Cc1ccc(OCc2c(C)noc2C)cc1. The zero-order valence-electron chi connectivity index (χ0n) is 18.9. The number of likely N-dealkylation sites (N-methyl/N-ethyl adjacent to an activating group) is 1. The molecular weight excluding hydrogens is 420 g/mol. The van der Waals surface area contributed by atoms with Gasteiger partial charge in [0.1, 0.15) is 23.9 Å². The molecule has 0 saturated carbocycles. The molecule has 0 spiro atoms. The first-order valence-electron chi connectivity index (χ1n) is 10.8. The van der Waals surface area contributed by atoms with Gasteiger partial charge < -0.3 is 19.1 Å². The number of nitrogens with zero attached hydrogens (tertiary/aromatic N) is 3. The number of hydrogen-bond acceptors (Lipinski definition) is 6. The van der Waals surface area contributed by atoms with Crippen molar-refractivity contribution in [1.29, 1.82) is 0 Å². The number of carbonyl (C=O) groups is 1. The number of amides is 1. The Morgan fingerprint density at radius 2 is 1.88 bits per heavy atom. The van der Waals surface area contributed by atoms with Crippen molar-refractivity contribution in [2.45, 2.75) is 40.3 Å². The van der Waals surface area contributed by atoms with Gasteiger partial charge in [0.25, 0.3) is 5.56 Å². The number of hydrogen-bond donors (Lipinski definition) is 1. The van der Waals surface area contributed by atoms with Crippen molar-refractivity contribution in [3.63, 3.8) is 0 Å². The van der Waals surface area contributed by atoms with E-state index in [4.69, 9.17) is 9.26 Å². The Bertz CT molecular complexity index is 1300. The molecule has 0 aliphatic carbocycles. The van der Waals surface area contributed by atoms with Gasteiger partial charge in [0.2, 0.25) is 5.91 Å². The van der Waals surface area contributed by atoms with E-state index in [-0.39, 0.29) is 24.4 Å². The fraction of sp³-hybridized carbons (Fsp3) is 0.280. The first kappa shape index (κ1) is 22.3. The predicted molar refractivity (Wildman–Crippen MR) is 124 cm³/mol. The monoisotopic (exact) mass is 446 g/mol. The second-order valence-electron chi connectivity index (χ2n) is 7.85. The molecule has 0 bridgehead atoms. The zero-order chi connectivity index (χ0) is 23.4. The van der Waals surface area contributed by atoms with Crippen LogP contribution in [0.3, 0.4) is 0 Å². The van der Waals surface area contributed by atoms with E-state index in [1.54, 1.807) is 23.1 Å². The number of aromatic amines is 1. The number of rotatable bonds is 8. The van der Waals surface area contributed by atoms with Crippen molar-refractivity contribution < 1.29 is 14.1 Å². The van der Waals surface area contributed by atoms with Gasteiger partial charge in [0.15, 0.2) is 0 Å². The lowest BCUT2D eigenvalue weighted by atomic mass is 10.1. The number of carbonyl (C=O) groups excluding carboxylic acids is 1. The van der Waals surface area contributed by atoms with E-state index in [9.17, 15) is 9.59 Å². The molecule has 2 heterocycles. The summed E-state index contributed by atoms with van der Waals surface area (Å²) < 4.78 is 11.0. The van der Waals surface area contributed by atoms with Crippen molar-refractivity contribution in [2.75, 3.05) is 6.54 Å². The molecule has 170 valence electrons. The van der Waals surface area contributed by atoms with E-state index in [2.05, 4.69) is 15.1 Å². The van der Waals surface area contributed by atoms with Gasteiger partial charge >= 0.3 is 0 Å². The lowest BCUT2D eigenvalue weighted by Gasteiger charge is -2.20. The van der Waals surface area contributed by atoms with E-state index in [0.29, 0.717) is 35.6 Å². The molecule has 4 rings (SSSR count). The lowest BCUT2D eigenvalue weighted by Crippen LogP contribution is -2.33. The highest BCUT2D eigenvalue weighted by molar-refractivity contribution is 5.79. The third kappa shape index (κ3) is 5.11. The zero-order valence-corrected chi connectivity index (χ0v) is 18.9. The molecule has 33 heavy (non-hydrogen) atoms. The highest BCUT2D eigenvalue weighted by atomic mass is 16.5. The molecule has 0 unspecified atom stereocenters. The van der Waals surface area contributed by atoms with E-state index < -0.39 is 0 Å². The van der Waals surface area contributed by atoms with E-state index >= 15 is 0 Å². The van der Waals surface area contributed by atoms with Crippen LogP contribution in [0.15, 0.2) is 57.8 Å². The number of benzene rings is 2. The Labute approximate surface area is 191 Å². The highest BCUT2D eigenvalue weighted by Gasteiger charge is 2.15. The van der Waals surface area contributed by atoms with E-state index in [0.717, 1.165) is 22.6 Å². The molecular formula is C25H26N4O4. The Morgan fingerprint density at radius 1 is 1.12 bits per heavy atom. The Morgan fingerprint density at radius 3 is 2.58 bits per heavy atom. The molecule has 0 aliphatic rings. The summed E-state index contributed by atoms with van der Waals surface area (Å²) in [5.74, 6) is 1.88. The topological polar surface area (TPSA) is 101 Å². The summed E-state index contributed by atoms with van der Waals surface area (Å²) >= 11 is 0. The summed E-state index contributed by atoms with van der Waals surface area (Å²) in [5.41, 5.74) is 3.05. The number of nitrogens with one attached hydrogen (secondary N) is 1. The highest BCUT2D eigenvalue weighted by Crippen LogP contribution is 2.18.